The molecule has 1 heterocycles. The van der Waals surface area contributed by atoms with E-state index in [1.807, 2.05) is 42.5 Å². The highest BCUT2D eigenvalue weighted by atomic mass is 16.5. The van der Waals surface area contributed by atoms with Gasteiger partial charge in [0.2, 0.25) is 5.82 Å². The maximum absolute atomic E-state index is 5.22. The zero-order chi connectivity index (χ0) is 15.4. The lowest BCUT2D eigenvalue weighted by Crippen LogP contribution is -1.94. The topological polar surface area (TPSA) is 69.4 Å². The Balaban J connectivity index is 1.83. The summed E-state index contributed by atoms with van der Waals surface area (Å²) in [6.45, 7) is 0. The van der Waals surface area contributed by atoms with E-state index in [4.69, 9.17) is 14.0 Å². The quantitative estimate of drug-likeness (QED) is 0.777. The number of rotatable bonds is 5. The molecule has 3 aromatic rings. The molecule has 0 aliphatic heterocycles. The highest BCUT2D eigenvalue weighted by Gasteiger charge is 2.09. The van der Waals surface area contributed by atoms with Gasteiger partial charge >= 0.3 is 6.01 Å². The monoisotopic (exact) mass is 297 g/mol. The molecule has 0 aliphatic carbocycles. The van der Waals surface area contributed by atoms with E-state index in [1.165, 1.54) is 0 Å². The lowest BCUT2D eigenvalue weighted by atomic mass is 10.2. The molecule has 0 atom stereocenters. The molecule has 2 aromatic carbocycles. The Morgan fingerprint density at radius 3 is 2.27 bits per heavy atom. The zero-order valence-electron chi connectivity index (χ0n) is 12.2. The Kier molecular flexibility index (Phi) is 3.91. The summed E-state index contributed by atoms with van der Waals surface area (Å²) in [6.07, 6.45) is 0. The summed E-state index contributed by atoms with van der Waals surface area (Å²) in [7, 11) is 3.19. The Bertz CT molecular complexity index is 734. The molecule has 0 spiro atoms. The first-order valence-corrected chi connectivity index (χ1v) is 6.67. The molecular formula is C16H15N3O3. The Morgan fingerprint density at radius 2 is 1.64 bits per heavy atom. The van der Waals surface area contributed by atoms with E-state index < -0.39 is 0 Å². The molecule has 0 amide bonds. The molecule has 6 nitrogen and oxygen atoms in total. The fourth-order valence-electron chi connectivity index (χ4n) is 1.98. The summed E-state index contributed by atoms with van der Waals surface area (Å²) in [5.74, 6) is 1.87. The van der Waals surface area contributed by atoms with Crippen LogP contribution < -0.4 is 14.8 Å². The van der Waals surface area contributed by atoms with Gasteiger partial charge in [0, 0.05) is 29.4 Å². The van der Waals surface area contributed by atoms with Crippen molar-refractivity contribution in [2.24, 2.45) is 0 Å². The first kappa shape index (κ1) is 13.9. The van der Waals surface area contributed by atoms with E-state index in [-0.39, 0.29) is 0 Å². The van der Waals surface area contributed by atoms with Gasteiger partial charge in [0.05, 0.1) is 14.2 Å². The van der Waals surface area contributed by atoms with Crippen LogP contribution in [0.25, 0.3) is 11.4 Å². The number of hydrogen-bond donors (Lipinski definition) is 1. The van der Waals surface area contributed by atoms with Crippen molar-refractivity contribution >= 4 is 11.7 Å². The van der Waals surface area contributed by atoms with Crippen molar-refractivity contribution in [3.8, 4) is 22.9 Å². The summed E-state index contributed by atoms with van der Waals surface area (Å²) in [5, 5.41) is 7.00. The molecule has 0 radical (unpaired) electrons. The average molecular weight is 297 g/mol. The van der Waals surface area contributed by atoms with Crippen molar-refractivity contribution < 1.29 is 14.0 Å². The fraction of sp³-hybridized carbons (Fsp3) is 0.125. The van der Waals surface area contributed by atoms with Crippen LogP contribution in [-0.4, -0.2) is 24.4 Å². The minimum atomic E-state index is 0.300. The molecule has 0 bridgehead atoms. The molecule has 112 valence electrons. The Labute approximate surface area is 127 Å². The Hall–Kier alpha value is -3.02. The van der Waals surface area contributed by atoms with Crippen molar-refractivity contribution in [3.63, 3.8) is 0 Å². The predicted molar refractivity (Wildman–Crippen MR) is 82.6 cm³/mol. The van der Waals surface area contributed by atoms with E-state index in [9.17, 15) is 0 Å². The van der Waals surface area contributed by atoms with E-state index in [2.05, 4.69) is 15.5 Å². The maximum atomic E-state index is 5.22. The third kappa shape index (κ3) is 3.01. The van der Waals surface area contributed by atoms with Gasteiger partial charge in [0.15, 0.2) is 0 Å². The summed E-state index contributed by atoms with van der Waals surface area (Å²) < 4.78 is 15.7. The first-order chi connectivity index (χ1) is 10.8. The van der Waals surface area contributed by atoms with Crippen LogP contribution in [0.2, 0.25) is 0 Å². The largest absolute Gasteiger partial charge is 0.497 e. The number of nitrogens with one attached hydrogen (secondary N) is 1. The molecule has 6 heteroatoms. The second-order valence-electron chi connectivity index (χ2n) is 4.52. The van der Waals surface area contributed by atoms with E-state index in [1.54, 1.807) is 20.3 Å². The number of aromatic nitrogens is 2. The van der Waals surface area contributed by atoms with Crippen LogP contribution in [-0.2, 0) is 0 Å². The first-order valence-electron chi connectivity index (χ1n) is 6.67. The van der Waals surface area contributed by atoms with Crippen LogP contribution in [0.4, 0.5) is 11.7 Å². The number of hydrogen-bond acceptors (Lipinski definition) is 6. The molecule has 0 saturated carbocycles. The van der Waals surface area contributed by atoms with Crippen molar-refractivity contribution in [1.82, 2.24) is 10.1 Å². The summed E-state index contributed by atoms with van der Waals surface area (Å²) >= 11 is 0. The lowest BCUT2D eigenvalue weighted by molar-refractivity contribution is 0.394. The second-order valence-corrected chi connectivity index (χ2v) is 4.52. The van der Waals surface area contributed by atoms with Gasteiger partial charge < -0.3 is 19.3 Å². The van der Waals surface area contributed by atoms with Crippen LogP contribution in [0.3, 0.4) is 0 Å². The number of anilines is 2. The fourth-order valence-corrected chi connectivity index (χ4v) is 1.98. The minimum Gasteiger partial charge on any atom is -0.497 e. The van der Waals surface area contributed by atoms with E-state index in [0.717, 1.165) is 11.3 Å². The smallest absolute Gasteiger partial charge is 0.326 e. The highest BCUT2D eigenvalue weighted by Crippen LogP contribution is 2.28. The predicted octanol–water partition coefficient (Wildman–Crippen LogP) is 3.50. The molecule has 0 fully saturated rings. The van der Waals surface area contributed by atoms with Crippen LogP contribution in [0.15, 0.2) is 53.1 Å². The van der Waals surface area contributed by atoms with Gasteiger partial charge in [-0.2, -0.15) is 4.98 Å². The van der Waals surface area contributed by atoms with Crippen LogP contribution in [0.5, 0.6) is 11.5 Å². The molecule has 0 aliphatic rings. The maximum Gasteiger partial charge on any atom is 0.326 e. The number of benzene rings is 2. The molecular weight excluding hydrogens is 282 g/mol. The lowest BCUT2D eigenvalue weighted by Gasteiger charge is -2.07. The summed E-state index contributed by atoms with van der Waals surface area (Å²) in [4.78, 5) is 4.32. The van der Waals surface area contributed by atoms with Gasteiger partial charge in [-0.15, -0.1) is 0 Å². The summed E-state index contributed by atoms with van der Waals surface area (Å²) in [5.41, 5.74) is 1.63. The molecule has 1 N–H and O–H groups in total. The van der Waals surface area contributed by atoms with Gasteiger partial charge in [-0.25, -0.2) is 0 Å². The molecule has 0 saturated heterocycles. The van der Waals surface area contributed by atoms with Crippen molar-refractivity contribution in [2.45, 2.75) is 0 Å². The molecule has 22 heavy (non-hydrogen) atoms. The summed E-state index contributed by atoms with van der Waals surface area (Å²) in [6, 6.07) is 15.3. The van der Waals surface area contributed by atoms with Crippen LogP contribution in [0, 0.1) is 0 Å². The third-order valence-electron chi connectivity index (χ3n) is 3.06. The standard InChI is InChI=1S/C16H15N3O3/c1-20-13-8-12(9-14(10-13)21-2)17-16-18-15(19-22-16)11-6-4-3-5-7-11/h3-10H,1-2H3,(H,17,18,19). The normalized spacial score (nSPS) is 10.3. The van der Waals surface area contributed by atoms with Crippen LogP contribution in [0.1, 0.15) is 0 Å². The SMILES string of the molecule is COc1cc(Nc2nc(-c3ccccc3)no2)cc(OC)c1. The van der Waals surface area contributed by atoms with Crippen molar-refractivity contribution in [1.29, 1.82) is 0 Å². The average Bonchev–Trinajstić information content (AvgIpc) is 3.03. The van der Waals surface area contributed by atoms with Crippen molar-refractivity contribution in [2.75, 3.05) is 19.5 Å². The van der Waals surface area contributed by atoms with Gasteiger partial charge in [0.1, 0.15) is 11.5 Å². The third-order valence-corrected chi connectivity index (χ3v) is 3.06. The number of nitrogens with zero attached hydrogens (tertiary/aromatic N) is 2. The second kappa shape index (κ2) is 6.17. The van der Waals surface area contributed by atoms with Gasteiger partial charge in [-0.3, -0.25) is 0 Å². The minimum absolute atomic E-state index is 0.300. The molecule has 0 unspecified atom stereocenters. The van der Waals surface area contributed by atoms with Gasteiger partial charge in [0.25, 0.3) is 0 Å². The van der Waals surface area contributed by atoms with Gasteiger partial charge in [-0.05, 0) is 0 Å². The number of methoxy groups -OCH3 is 2. The van der Waals surface area contributed by atoms with Crippen molar-refractivity contribution in [3.05, 3.63) is 48.5 Å². The van der Waals surface area contributed by atoms with E-state index in [0.29, 0.717) is 23.3 Å². The van der Waals surface area contributed by atoms with Gasteiger partial charge in [-0.1, -0.05) is 35.5 Å². The highest BCUT2D eigenvalue weighted by molar-refractivity contribution is 5.61. The zero-order valence-corrected chi connectivity index (χ0v) is 12.2. The number of ether oxygens (including phenoxy) is 2. The molecule has 3 rings (SSSR count). The Morgan fingerprint density at radius 1 is 0.955 bits per heavy atom. The molecule has 1 aromatic heterocycles. The van der Waals surface area contributed by atoms with E-state index >= 15 is 0 Å². The van der Waals surface area contributed by atoms with Crippen LogP contribution >= 0.6 is 0 Å².